The van der Waals surface area contributed by atoms with Crippen LogP contribution in [0.4, 0.5) is 0 Å². The summed E-state index contributed by atoms with van der Waals surface area (Å²) in [4.78, 5) is 0. The van der Waals surface area contributed by atoms with Crippen molar-refractivity contribution in [1.82, 2.24) is 14.4 Å². The van der Waals surface area contributed by atoms with Gasteiger partial charge in [-0.1, -0.05) is 6.92 Å². The van der Waals surface area contributed by atoms with Crippen LogP contribution in [-0.2, 0) is 11.8 Å². The van der Waals surface area contributed by atoms with Crippen LogP contribution in [-0.4, -0.2) is 42.1 Å². The van der Waals surface area contributed by atoms with E-state index in [4.69, 9.17) is 11.8 Å². The first-order valence-corrected chi connectivity index (χ1v) is 6.84. The van der Waals surface area contributed by atoms with Crippen molar-refractivity contribution in [2.24, 2.45) is 0 Å². The molecule has 5 heteroatoms. The van der Waals surface area contributed by atoms with E-state index in [0.717, 1.165) is 6.54 Å². The summed E-state index contributed by atoms with van der Waals surface area (Å²) in [5, 5.41) is 3.46. The Hall–Kier alpha value is 0.530. The molecule has 2 rings (SSSR count). The Labute approximate surface area is 72.9 Å². The first-order chi connectivity index (χ1) is 5.27. The number of hydrogen-bond acceptors (Lipinski definition) is 1. The molecule has 0 aromatic rings. The highest BCUT2D eigenvalue weighted by molar-refractivity contribution is 8.11. The fourth-order valence-corrected chi connectivity index (χ4v) is 5.02. The molecule has 2 heterocycles. The van der Waals surface area contributed by atoms with Gasteiger partial charge in [0.15, 0.2) is 0 Å². The van der Waals surface area contributed by atoms with Gasteiger partial charge in [-0.3, -0.25) is 5.09 Å². The lowest BCUT2D eigenvalue weighted by molar-refractivity contribution is 0.750. The van der Waals surface area contributed by atoms with Crippen LogP contribution < -0.4 is 5.09 Å². The largest absolute Gasteiger partial charge is 0.266 e. The predicted octanol–water partition coefficient (Wildman–Crippen LogP) is 0.452. The average molecular weight is 191 g/mol. The zero-order chi connectivity index (χ0) is 7.90. The molecule has 0 radical (unpaired) electrons. The van der Waals surface area contributed by atoms with Crippen molar-refractivity contribution < 1.29 is 0 Å². The molecule has 11 heavy (non-hydrogen) atoms. The van der Waals surface area contributed by atoms with E-state index in [1.165, 1.54) is 26.2 Å². The second-order valence-electron chi connectivity index (χ2n) is 2.96. The molecule has 0 amide bonds. The Bertz CT molecular complexity index is 184. The smallest absolute Gasteiger partial charge is 0.143 e. The molecule has 2 aliphatic heterocycles. The molecule has 2 aliphatic rings. The number of nitrogens with zero attached hydrogens (tertiary/aromatic N) is 2. The van der Waals surface area contributed by atoms with Gasteiger partial charge in [-0.25, -0.2) is 9.34 Å². The first-order valence-electron chi connectivity index (χ1n) is 4.13. The molecule has 2 saturated heterocycles. The van der Waals surface area contributed by atoms with Crippen molar-refractivity contribution in [1.29, 1.82) is 0 Å². The molecule has 0 bridgehead atoms. The van der Waals surface area contributed by atoms with E-state index in [1.807, 2.05) is 0 Å². The third-order valence-electron chi connectivity index (χ3n) is 1.98. The topological polar surface area (TPSA) is 18.0 Å². The van der Waals surface area contributed by atoms with E-state index in [1.54, 1.807) is 0 Å². The third kappa shape index (κ3) is 1.51. The quantitative estimate of drug-likeness (QED) is 0.513. The Kier molecular flexibility index (Phi) is 2.06. The van der Waals surface area contributed by atoms with E-state index in [2.05, 4.69) is 21.4 Å². The molecular weight excluding hydrogens is 177 g/mol. The van der Waals surface area contributed by atoms with Crippen LogP contribution in [0.2, 0.25) is 0 Å². The van der Waals surface area contributed by atoms with Gasteiger partial charge in [0, 0.05) is 26.2 Å². The van der Waals surface area contributed by atoms with Crippen LogP contribution in [0, 0.1) is 0 Å². The zero-order valence-corrected chi connectivity index (χ0v) is 8.50. The van der Waals surface area contributed by atoms with E-state index >= 15 is 0 Å². The summed E-state index contributed by atoms with van der Waals surface area (Å²) in [5.41, 5.74) is 0. The van der Waals surface area contributed by atoms with E-state index < -0.39 is 6.49 Å². The van der Waals surface area contributed by atoms with Gasteiger partial charge in [0.2, 0.25) is 0 Å². The molecule has 64 valence electrons. The van der Waals surface area contributed by atoms with Crippen molar-refractivity contribution in [3.05, 3.63) is 0 Å². The molecule has 0 atom stereocenters. The fourth-order valence-electron chi connectivity index (χ4n) is 1.22. The van der Waals surface area contributed by atoms with Crippen LogP contribution in [0.5, 0.6) is 0 Å². The standard InChI is InChI=1S/C6H14N3PS/c1-2-7-10(11,8-3-4-8)9-5-6-9/h2-6H2,1H3,(H,7,11). The minimum atomic E-state index is -1.39. The minimum Gasteiger partial charge on any atom is -0.266 e. The summed E-state index contributed by atoms with van der Waals surface area (Å²) < 4.78 is 4.80. The Morgan fingerprint density at radius 3 is 2.00 bits per heavy atom. The number of nitrogens with one attached hydrogen (secondary N) is 1. The van der Waals surface area contributed by atoms with E-state index in [-0.39, 0.29) is 0 Å². The highest BCUT2D eigenvalue weighted by Crippen LogP contribution is 2.56. The van der Waals surface area contributed by atoms with E-state index in [0.29, 0.717) is 0 Å². The van der Waals surface area contributed by atoms with Crippen molar-refractivity contribution in [2.75, 3.05) is 32.7 Å². The first kappa shape index (κ1) is 8.14. The Balaban J connectivity index is 2.04. The number of rotatable bonds is 4. The van der Waals surface area contributed by atoms with Gasteiger partial charge in [0.05, 0.1) is 0 Å². The fraction of sp³-hybridized carbons (Fsp3) is 1.00. The zero-order valence-electron chi connectivity index (χ0n) is 6.79. The maximum absolute atomic E-state index is 5.63. The lowest BCUT2D eigenvalue weighted by Gasteiger charge is -2.24. The van der Waals surface area contributed by atoms with Crippen molar-refractivity contribution in [3.63, 3.8) is 0 Å². The maximum atomic E-state index is 5.63. The summed E-state index contributed by atoms with van der Waals surface area (Å²) in [6.07, 6.45) is 0. The van der Waals surface area contributed by atoms with Gasteiger partial charge in [0.25, 0.3) is 0 Å². The van der Waals surface area contributed by atoms with Gasteiger partial charge in [-0.15, -0.1) is 0 Å². The molecule has 2 fully saturated rings. The second kappa shape index (κ2) is 2.79. The molecular formula is C6H14N3PS. The van der Waals surface area contributed by atoms with Crippen LogP contribution in [0.15, 0.2) is 0 Å². The Morgan fingerprint density at radius 2 is 1.73 bits per heavy atom. The summed E-state index contributed by atoms with van der Waals surface area (Å²) in [5.74, 6) is 0. The monoisotopic (exact) mass is 191 g/mol. The highest BCUT2D eigenvalue weighted by atomic mass is 32.4. The Morgan fingerprint density at radius 1 is 1.27 bits per heavy atom. The van der Waals surface area contributed by atoms with Crippen molar-refractivity contribution in [2.45, 2.75) is 6.92 Å². The predicted molar refractivity (Wildman–Crippen MR) is 51.1 cm³/mol. The molecule has 0 unspecified atom stereocenters. The van der Waals surface area contributed by atoms with Crippen LogP contribution >= 0.6 is 6.49 Å². The molecule has 0 aliphatic carbocycles. The van der Waals surface area contributed by atoms with E-state index in [9.17, 15) is 0 Å². The molecule has 0 saturated carbocycles. The maximum Gasteiger partial charge on any atom is 0.143 e. The molecule has 0 spiro atoms. The SMILES string of the molecule is CCNP(=S)(N1CC1)N1CC1. The van der Waals surface area contributed by atoms with Crippen molar-refractivity contribution >= 4 is 18.3 Å². The van der Waals surface area contributed by atoms with Crippen LogP contribution in [0.3, 0.4) is 0 Å². The van der Waals surface area contributed by atoms with Crippen LogP contribution in [0.1, 0.15) is 6.92 Å². The molecule has 0 aromatic heterocycles. The summed E-state index contributed by atoms with van der Waals surface area (Å²) in [6, 6.07) is 0. The third-order valence-corrected chi connectivity index (χ3v) is 6.81. The summed E-state index contributed by atoms with van der Waals surface area (Å²) >= 11 is 5.63. The van der Waals surface area contributed by atoms with Gasteiger partial charge < -0.3 is 0 Å². The second-order valence-corrected chi connectivity index (χ2v) is 7.03. The van der Waals surface area contributed by atoms with Gasteiger partial charge in [-0.2, -0.15) is 0 Å². The van der Waals surface area contributed by atoms with Gasteiger partial charge in [0.1, 0.15) is 6.49 Å². The summed E-state index contributed by atoms with van der Waals surface area (Å²) in [7, 11) is 0. The molecule has 1 N–H and O–H groups in total. The van der Waals surface area contributed by atoms with Crippen LogP contribution in [0.25, 0.3) is 0 Å². The lowest BCUT2D eigenvalue weighted by Crippen LogP contribution is -2.20. The number of hydrogen-bond donors (Lipinski definition) is 1. The lowest BCUT2D eigenvalue weighted by atomic mass is 10.8. The van der Waals surface area contributed by atoms with Crippen molar-refractivity contribution in [3.8, 4) is 0 Å². The highest BCUT2D eigenvalue weighted by Gasteiger charge is 2.42. The minimum absolute atomic E-state index is 1.00. The molecule has 3 nitrogen and oxygen atoms in total. The summed E-state index contributed by atoms with van der Waals surface area (Å²) in [6.45, 7) is 6.58. The normalized spacial score (nSPS) is 25.5. The van der Waals surface area contributed by atoms with Gasteiger partial charge >= 0.3 is 0 Å². The average Bonchev–Trinajstić information content (AvgIpc) is 2.84. The molecule has 0 aromatic carbocycles. The van der Waals surface area contributed by atoms with Gasteiger partial charge in [-0.05, 0) is 18.4 Å².